The van der Waals surface area contributed by atoms with Gasteiger partial charge in [0.25, 0.3) is 0 Å². The Bertz CT molecular complexity index is 391. The Hall–Kier alpha value is -1.35. The van der Waals surface area contributed by atoms with Crippen molar-refractivity contribution in [2.45, 2.75) is 18.9 Å². The van der Waals surface area contributed by atoms with Crippen molar-refractivity contribution in [3.05, 3.63) is 35.4 Å². The lowest BCUT2D eigenvalue weighted by atomic mass is 10.0. The van der Waals surface area contributed by atoms with Crippen molar-refractivity contribution in [1.82, 2.24) is 5.32 Å². The minimum Gasteiger partial charge on any atom is -0.476 e. The van der Waals surface area contributed by atoms with Crippen LogP contribution in [0.25, 0.3) is 0 Å². The standard InChI is InChI=1S/C13H16N2O/c1-2-12(14-7-1)10-3-5-11(6-4-10)13-15-8-9-16-13/h3-6,12,14H,1-2,7-9H2. The molecule has 0 aromatic heterocycles. The SMILES string of the molecule is c1cc(C2CCCN2)ccc1C1=NCCO1. The predicted molar refractivity (Wildman–Crippen MR) is 63.8 cm³/mol. The van der Waals surface area contributed by atoms with Crippen molar-refractivity contribution in [3.63, 3.8) is 0 Å². The number of hydrogen-bond donors (Lipinski definition) is 1. The van der Waals surface area contributed by atoms with E-state index in [0.717, 1.165) is 31.2 Å². The third-order valence-corrected chi connectivity index (χ3v) is 3.21. The van der Waals surface area contributed by atoms with Crippen molar-refractivity contribution >= 4 is 5.90 Å². The Kier molecular flexibility index (Phi) is 2.62. The molecular weight excluding hydrogens is 200 g/mol. The Morgan fingerprint density at radius 1 is 1.25 bits per heavy atom. The van der Waals surface area contributed by atoms with E-state index in [-0.39, 0.29) is 0 Å². The maximum Gasteiger partial charge on any atom is 0.216 e. The quantitative estimate of drug-likeness (QED) is 0.819. The molecule has 1 fully saturated rings. The van der Waals surface area contributed by atoms with E-state index in [9.17, 15) is 0 Å². The van der Waals surface area contributed by atoms with Crippen LogP contribution < -0.4 is 5.32 Å². The molecule has 0 aliphatic carbocycles. The maximum atomic E-state index is 5.44. The zero-order chi connectivity index (χ0) is 10.8. The summed E-state index contributed by atoms with van der Waals surface area (Å²) in [5.41, 5.74) is 2.47. The molecule has 0 spiro atoms. The van der Waals surface area contributed by atoms with Gasteiger partial charge in [-0.2, -0.15) is 0 Å². The fraction of sp³-hybridized carbons (Fsp3) is 0.462. The van der Waals surface area contributed by atoms with Crippen LogP contribution in [-0.4, -0.2) is 25.6 Å². The number of hydrogen-bond acceptors (Lipinski definition) is 3. The molecule has 3 nitrogen and oxygen atoms in total. The molecule has 1 atom stereocenters. The first-order valence-electron chi connectivity index (χ1n) is 5.94. The van der Waals surface area contributed by atoms with Gasteiger partial charge in [-0.25, -0.2) is 4.99 Å². The van der Waals surface area contributed by atoms with E-state index in [1.807, 2.05) is 0 Å². The minimum absolute atomic E-state index is 0.542. The second-order valence-electron chi connectivity index (χ2n) is 4.31. The van der Waals surface area contributed by atoms with Crippen LogP contribution in [0, 0.1) is 0 Å². The molecule has 2 aliphatic rings. The van der Waals surface area contributed by atoms with Gasteiger partial charge in [-0.3, -0.25) is 0 Å². The van der Waals surface area contributed by atoms with E-state index in [0.29, 0.717) is 6.04 Å². The van der Waals surface area contributed by atoms with E-state index in [2.05, 4.69) is 34.6 Å². The Balaban J connectivity index is 1.78. The summed E-state index contributed by atoms with van der Waals surface area (Å²) < 4.78 is 5.44. The molecule has 16 heavy (non-hydrogen) atoms. The average Bonchev–Trinajstić information content (AvgIpc) is 3.03. The van der Waals surface area contributed by atoms with Crippen LogP contribution >= 0.6 is 0 Å². The van der Waals surface area contributed by atoms with Gasteiger partial charge in [-0.1, -0.05) is 12.1 Å². The lowest BCUT2D eigenvalue weighted by molar-refractivity contribution is 0.348. The Labute approximate surface area is 95.5 Å². The van der Waals surface area contributed by atoms with Crippen LogP contribution in [0.4, 0.5) is 0 Å². The molecule has 3 rings (SSSR count). The largest absolute Gasteiger partial charge is 0.476 e. The number of ether oxygens (including phenoxy) is 1. The number of benzene rings is 1. The second kappa shape index (κ2) is 4.26. The van der Waals surface area contributed by atoms with Crippen LogP contribution in [0.2, 0.25) is 0 Å². The van der Waals surface area contributed by atoms with E-state index >= 15 is 0 Å². The van der Waals surface area contributed by atoms with Crippen LogP contribution in [0.15, 0.2) is 29.3 Å². The van der Waals surface area contributed by atoms with Crippen molar-refractivity contribution in [1.29, 1.82) is 0 Å². The van der Waals surface area contributed by atoms with Crippen molar-refractivity contribution in [2.75, 3.05) is 19.7 Å². The monoisotopic (exact) mass is 216 g/mol. The lowest BCUT2D eigenvalue weighted by Crippen LogP contribution is -2.13. The van der Waals surface area contributed by atoms with Crippen molar-refractivity contribution in [3.8, 4) is 0 Å². The van der Waals surface area contributed by atoms with E-state index < -0.39 is 0 Å². The fourth-order valence-corrected chi connectivity index (χ4v) is 2.34. The third kappa shape index (κ3) is 1.83. The van der Waals surface area contributed by atoms with Crippen LogP contribution in [0.3, 0.4) is 0 Å². The molecule has 3 heteroatoms. The van der Waals surface area contributed by atoms with Gasteiger partial charge in [0.2, 0.25) is 5.90 Å². The first-order chi connectivity index (χ1) is 7.93. The molecule has 1 N–H and O–H groups in total. The highest BCUT2D eigenvalue weighted by molar-refractivity contribution is 5.94. The summed E-state index contributed by atoms with van der Waals surface area (Å²) >= 11 is 0. The highest BCUT2D eigenvalue weighted by Gasteiger charge is 2.16. The molecule has 1 unspecified atom stereocenters. The van der Waals surface area contributed by atoms with Gasteiger partial charge in [-0.15, -0.1) is 0 Å². The fourth-order valence-electron chi connectivity index (χ4n) is 2.34. The number of rotatable bonds is 2. The van der Waals surface area contributed by atoms with E-state index in [4.69, 9.17) is 4.74 Å². The predicted octanol–water partition coefficient (Wildman–Crippen LogP) is 1.89. The molecule has 2 heterocycles. The van der Waals surface area contributed by atoms with E-state index in [1.165, 1.54) is 18.4 Å². The number of nitrogens with zero attached hydrogens (tertiary/aromatic N) is 1. The van der Waals surface area contributed by atoms with Crippen LogP contribution in [0.1, 0.15) is 30.0 Å². The summed E-state index contributed by atoms with van der Waals surface area (Å²) in [7, 11) is 0. The van der Waals surface area contributed by atoms with Crippen LogP contribution in [-0.2, 0) is 4.74 Å². The second-order valence-corrected chi connectivity index (χ2v) is 4.31. The van der Waals surface area contributed by atoms with Crippen LogP contribution in [0.5, 0.6) is 0 Å². The minimum atomic E-state index is 0.542. The Morgan fingerprint density at radius 3 is 2.75 bits per heavy atom. The molecular formula is C13H16N2O. The summed E-state index contributed by atoms with van der Waals surface area (Å²) in [6.07, 6.45) is 2.53. The molecule has 1 aromatic rings. The number of nitrogens with one attached hydrogen (secondary N) is 1. The van der Waals surface area contributed by atoms with E-state index in [1.54, 1.807) is 0 Å². The summed E-state index contributed by atoms with van der Waals surface area (Å²) in [6.45, 7) is 2.66. The lowest BCUT2D eigenvalue weighted by Gasteiger charge is -2.11. The molecule has 2 aliphatic heterocycles. The van der Waals surface area contributed by atoms with Gasteiger partial charge < -0.3 is 10.1 Å². The average molecular weight is 216 g/mol. The topological polar surface area (TPSA) is 33.6 Å². The zero-order valence-electron chi connectivity index (χ0n) is 9.28. The zero-order valence-corrected chi connectivity index (χ0v) is 9.28. The van der Waals surface area contributed by atoms with Gasteiger partial charge in [0.15, 0.2) is 0 Å². The molecule has 84 valence electrons. The van der Waals surface area contributed by atoms with Gasteiger partial charge in [0.1, 0.15) is 6.61 Å². The van der Waals surface area contributed by atoms with Crippen molar-refractivity contribution in [2.24, 2.45) is 4.99 Å². The summed E-state index contributed by atoms with van der Waals surface area (Å²) in [5, 5.41) is 3.50. The summed E-state index contributed by atoms with van der Waals surface area (Å²) in [5.74, 6) is 0.797. The number of aliphatic imine (C=N–C) groups is 1. The first kappa shape index (κ1) is 9.85. The maximum absolute atomic E-state index is 5.44. The first-order valence-corrected chi connectivity index (χ1v) is 5.94. The van der Waals surface area contributed by atoms with Crippen molar-refractivity contribution < 1.29 is 4.74 Å². The molecule has 0 bridgehead atoms. The highest BCUT2D eigenvalue weighted by atomic mass is 16.5. The molecule has 0 saturated carbocycles. The van der Waals surface area contributed by atoms with Gasteiger partial charge in [0.05, 0.1) is 6.54 Å². The molecule has 0 radical (unpaired) electrons. The summed E-state index contributed by atoms with van der Waals surface area (Å²) in [6, 6.07) is 9.13. The normalized spacial score (nSPS) is 24.2. The third-order valence-electron chi connectivity index (χ3n) is 3.21. The molecule has 1 aromatic carbocycles. The summed E-state index contributed by atoms with van der Waals surface area (Å²) in [4.78, 5) is 4.31. The smallest absolute Gasteiger partial charge is 0.216 e. The highest BCUT2D eigenvalue weighted by Crippen LogP contribution is 2.23. The van der Waals surface area contributed by atoms with Gasteiger partial charge in [-0.05, 0) is 37.1 Å². The molecule has 1 saturated heterocycles. The van der Waals surface area contributed by atoms with Gasteiger partial charge >= 0.3 is 0 Å². The Morgan fingerprint density at radius 2 is 2.12 bits per heavy atom. The van der Waals surface area contributed by atoms with Gasteiger partial charge in [0, 0.05) is 11.6 Å². The molecule has 0 amide bonds.